The summed E-state index contributed by atoms with van der Waals surface area (Å²) in [5.41, 5.74) is 2.48. The normalized spacial score (nSPS) is 10.7. The van der Waals surface area contributed by atoms with E-state index in [-0.39, 0.29) is 12.3 Å². The smallest absolute Gasteiger partial charge is 0.233 e. The Kier molecular flexibility index (Phi) is 5.85. The summed E-state index contributed by atoms with van der Waals surface area (Å²) in [5.74, 6) is 1.57. The topological polar surface area (TPSA) is 81.4 Å². The van der Waals surface area contributed by atoms with Gasteiger partial charge in [0.25, 0.3) is 0 Å². The molecule has 4 rings (SSSR count). The largest absolute Gasteiger partial charge is 0.497 e. The molecule has 0 saturated carbocycles. The third-order valence-electron chi connectivity index (χ3n) is 4.43. The van der Waals surface area contributed by atoms with Crippen LogP contribution in [-0.2, 0) is 11.2 Å². The van der Waals surface area contributed by atoms with Gasteiger partial charge >= 0.3 is 0 Å². The molecule has 0 spiro atoms. The quantitative estimate of drug-likeness (QED) is 0.427. The highest BCUT2D eigenvalue weighted by atomic mass is 32.1. The predicted octanol–water partition coefficient (Wildman–Crippen LogP) is 4.81. The van der Waals surface area contributed by atoms with Gasteiger partial charge < -0.3 is 9.26 Å². The van der Waals surface area contributed by atoms with Gasteiger partial charge in [0.05, 0.1) is 18.5 Å². The minimum Gasteiger partial charge on any atom is -0.497 e. The lowest BCUT2D eigenvalue weighted by Crippen LogP contribution is -2.26. The summed E-state index contributed by atoms with van der Waals surface area (Å²) >= 11 is 1.44. The molecule has 7 nitrogen and oxygen atoms in total. The van der Waals surface area contributed by atoms with Crippen molar-refractivity contribution in [2.24, 2.45) is 0 Å². The maximum atomic E-state index is 13.1. The van der Waals surface area contributed by atoms with Crippen molar-refractivity contribution in [1.29, 1.82) is 0 Å². The minimum absolute atomic E-state index is 0.0836. The molecule has 0 atom stereocenters. The molecule has 0 fully saturated rings. The summed E-state index contributed by atoms with van der Waals surface area (Å²) in [4.78, 5) is 23.6. The van der Waals surface area contributed by atoms with Gasteiger partial charge in [-0.15, -0.1) is 11.3 Å². The zero-order valence-electron chi connectivity index (χ0n) is 16.6. The monoisotopic (exact) mass is 420 g/mol. The van der Waals surface area contributed by atoms with E-state index in [9.17, 15) is 4.79 Å². The van der Waals surface area contributed by atoms with E-state index < -0.39 is 0 Å². The molecule has 30 heavy (non-hydrogen) atoms. The standard InChI is InChI=1S/C22H20N4O3S/c1-15-14-30-22(23-15)26(17-6-4-3-5-7-17)20(27)13-12-19-24-21(25-29-19)16-8-10-18(28-2)11-9-16/h3-11,14H,12-13H2,1-2H3. The molecular weight excluding hydrogens is 400 g/mol. The Hall–Kier alpha value is -3.52. The van der Waals surface area contributed by atoms with Gasteiger partial charge in [-0.05, 0) is 43.3 Å². The van der Waals surface area contributed by atoms with Gasteiger partial charge in [-0.1, -0.05) is 23.4 Å². The van der Waals surface area contributed by atoms with Crippen molar-refractivity contribution in [3.05, 3.63) is 71.6 Å². The number of hydrogen-bond acceptors (Lipinski definition) is 7. The van der Waals surface area contributed by atoms with E-state index >= 15 is 0 Å². The van der Waals surface area contributed by atoms with Crippen LogP contribution < -0.4 is 9.64 Å². The van der Waals surface area contributed by atoms with Crippen LogP contribution in [0.25, 0.3) is 11.4 Å². The number of carbonyl (C=O) groups excluding carboxylic acids is 1. The third-order valence-corrected chi connectivity index (χ3v) is 5.37. The molecule has 8 heteroatoms. The average Bonchev–Trinajstić information content (AvgIpc) is 3.42. The van der Waals surface area contributed by atoms with Crippen LogP contribution in [0.1, 0.15) is 18.0 Å². The maximum absolute atomic E-state index is 13.1. The second-order valence-corrected chi connectivity index (χ2v) is 7.41. The number of benzene rings is 2. The molecule has 0 unspecified atom stereocenters. The molecule has 2 heterocycles. The zero-order valence-corrected chi connectivity index (χ0v) is 17.4. The number of nitrogens with zero attached hydrogens (tertiary/aromatic N) is 4. The van der Waals surface area contributed by atoms with Gasteiger partial charge in [-0.3, -0.25) is 9.69 Å². The Morgan fingerprint density at radius 2 is 1.87 bits per heavy atom. The number of rotatable bonds is 7. The van der Waals surface area contributed by atoms with Crippen LogP contribution in [0.3, 0.4) is 0 Å². The van der Waals surface area contributed by atoms with Crippen LogP contribution in [0.5, 0.6) is 5.75 Å². The number of amides is 1. The maximum Gasteiger partial charge on any atom is 0.233 e. The first kappa shape index (κ1) is 19.8. The summed E-state index contributed by atoms with van der Waals surface area (Å²) in [6.45, 7) is 1.91. The number of hydrogen-bond donors (Lipinski definition) is 0. The number of thiazole rings is 1. The number of anilines is 2. The van der Waals surface area contributed by atoms with Gasteiger partial charge in [-0.2, -0.15) is 4.98 Å². The second-order valence-electron chi connectivity index (χ2n) is 6.58. The lowest BCUT2D eigenvalue weighted by Gasteiger charge is -2.19. The predicted molar refractivity (Wildman–Crippen MR) is 115 cm³/mol. The molecule has 0 saturated heterocycles. The third kappa shape index (κ3) is 4.38. The van der Waals surface area contributed by atoms with Crippen LogP contribution in [0.2, 0.25) is 0 Å². The van der Waals surface area contributed by atoms with Crippen LogP contribution in [0.15, 0.2) is 64.5 Å². The first-order chi connectivity index (χ1) is 14.6. The number of carbonyl (C=O) groups is 1. The molecule has 2 aromatic heterocycles. The van der Waals surface area contributed by atoms with Crippen molar-refractivity contribution in [2.75, 3.05) is 12.0 Å². The van der Waals surface area contributed by atoms with Gasteiger partial charge in [0.2, 0.25) is 17.6 Å². The van der Waals surface area contributed by atoms with E-state index in [1.165, 1.54) is 11.3 Å². The molecule has 0 aliphatic carbocycles. The molecule has 0 aliphatic rings. The van der Waals surface area contributed by atoms with Crippen molar-refractivity contribution in [1.82, 2.24) is 15.1 Å². The van der Waals surface area contributed by atoms with E-state index in [4.69, 9.17) is 9.26 Å². The molecular formula is C22H20N4O3S. The summed E-state index contributed by atoms with van der Waals surface area (Å²) in [7, 11) is 1.62. The lowest BCUT2D eigenvalue weighted by atomic mass is 10.2. The molecule has 1 amide bonds. The van der Waals surface area contributed by atoms with Crippen molar-refractivity contribution in [3.63, 3.8) is 0 Å². The van der Waals surface area contributed by atoms with Crippen LogP contribution in [0.4, 0.5) is 10.8 Å². The first-order valence-electron chi connectivity index (χ1n) is 9.41. The molecule has 152 valence electrons. The minimum atomic E-state index is -0.0836. The van der Waals surface area contributed by atoms with Crippen LogP contribution in [0, 0.1) is 6.92 Å². The van der Waals surface area contributed by atoms with Gasteiger partial charge in [-0.25, -0.2) is 4.98 Å². The van der Waals surface area contributed by atoms with Gasteiger partial charge in [0.1, 0.15) is 5.75 Å². The Morgan fingerprint density at radius 3 is 2.53 bits per heavy atom. The fraction of sp³-hybridized carbons (Fsp3) is 0.182. The van der Waals surface area contributed by atoms with Crippen molar-refractivity contribution in [2.45, 2.75) is 19.8 Å². The molecule has 2 aromatic carbocycles. The van der Waals surface area contributed by atoms with E-state index in [0.29, 0.717) is 23.3 Å². The number of aromatic nitrogens is 3. The zero-order chi connectivity index (χ0) is 20.9. The Balaban J connectivity index is 1.48. The molecule has 0 aliphatic heterocycles. The highest BCUT2D eigenvalue weighted by Crippen LogP contribution is 2.29. The Bertz CT molecular complexity index is 1120. The van der Waals surface area contributed by atoms with E-state index in [0.717, 1.165) is 22.7 Å². The summed E-state index contributed by atoms with van der Waals surface area (Å²) in [6.07, 6.45) is 0.563. The van der Waals surface area contributed by atoms with Crippen LogP contribution in [-0.4, -0.2) is 28.1 Å². The first-order valence-corrected chi connectivity index (χ1v) is 10.3. The van der Waals surface area contributed by atoms with E-state index in [2.05, 4.69) is 15.1 Å². The average molecular weight is 420 g/mol. The van der Waals surface area contributed by atoms with Crippen LogP contribution >= 0.6 is 11.3 Å². The Morgan fingerprint density at radius 1 is 1.10 bits per heavy atom. The molecule has 0 radical (unpaired) electrons. The van der Waals surface area contributed by atoms with Gasteiger partial charge in [0, 0.05) is 23.8 Å². The fourth-order valence-corrected chi connectivity index (χ4v) is 3.76. The number of para-hydroxylation sites is 1. The van der Waals surface area contributed by atoms with Crippen molar-refractivity contribution >= 4 is 28.1 Å². The highest BCUT2D eigenvalue weighted by molar-refractivity contribution is 7.14. The summed E-state index contributed by atoms with van der Waals surface area (Å²) in [5, 5.41) is 6.60. The van der Waals surface area contributed by atoms with E-state index in [1.54, 1.807) is 12.0 Å². The lowest BCUT2D eigenvalue weighted by molar-refractivity contribution is -0.117. The Labute approximate surface area is 178 Å². The highest BCUT2D eigenvalue weighted by Gasteiger charge is 2.21. The number of methoxy groups -OCH3 is 1. The van der Waals surface area contributed by atoms with E-state index in [1.807, 2.05) is 66.9 Å². The summed E-state index contributed by atoms with van der Waals surface area (Å²) in [6, 6.07) is 16.9. The van der Waals surface area contributed by atoms with Crippen molar-refractivity contribution in [3.8, 4) is 17.1 Å². The summed E-state index contributed by atoms with van der Waals surface area (Å²) < 4.78 is 10.5. The van der Waals surface area contributed by atoms with Crippen molar-refractivity contribution < 1.29 is 14.1 Å². The molecule has 0 bridgehead atoms. The molecule has 4 aromatic rings. The molecule has 0 N–H and O–H groups in total. The number of ether oxygens (including phenoxy) is 1. The number of aryl methyl sites for hydroxylation is 2. The van der Waals surface area contributed by atoms with Gasteiger partial charge in [0.15, 0.2) is 5.13 Å². The fourth-order valence-electron chi connectivity index (χ4n) is 2.92. The SMILES string of the molecule is COc1ccc(-c2noc(CCC(=O)N(c3ccccc3)c3nc(C)cs3)n2)cc1. The second kappa shape index (κ2) is 8.87.